The number of aromatic nitrogens is 1. The average molecular weight is 441 g/mol. The first-order valence-electron chi connectivity index (χ1n) is 11.6. The van der Waals surface area contributed by atoms with Gasteiger partial charge in [-0.05, 0) is 25.3 Å². The van der Waals surface area contributed by atoms with E-state index in [-0.39, 0.29) is 0 Å². The van der Waals surface area contributed by atoms with Crippen molar-refractivity contribution in [3.63, 3.8) is 0 Å². The fourth-order valence-electron chi connectivity index (χ4n) is 3.68. The van der Waals surface area contributed by atoms with Crippen molar-refractivity contribution in [1.82, 2.24) is 9.88 Å². The maximum absolute atomic E-state index is 6.02. The Hall–Kier alpha value is -2.64. The topological polar surface area (TPSA) is 59.4 Å². The van der Waals surface area contributed by atoms with Crippen LogP contribution >= 0.6 is 0 Å². The SMILES string of the molecule is CCCN(CCC)c1cc(OCCN2CCOCC2)nc(O/N=C/c2cccc(C)c2)c1. The van der Waals surface area contributed by atoms with Crippen molar-refractivity contribution >= 4 is 11.9 Å². The number of morpholine rings is 1. The summed E-state index contributed by atoms with van der Waals surface area (Å²) in [5.41, 5.74) is 3.22. The summed E-state index contributed by atoms with van der Waals surface area (Å²) in [5.74, 6) is 0.999. The van der Waals surface area contributed by atoms with E-state index in [9.17, 15) is 0 Å². The smallest absolute Gasteiger partial charge is 0.254 e. The molecule has 0 atom stereocenters. The van der Waals surface area contributed by atoms with E-state index in [4.69, 9.17) is 14.3 Å². The van der Waals surface area contributed by atoms with E-state index in [0.717, 1.165) is 70.0 Å². The lowest BCUT2D eigenvalue weighted by Gasteiger charge is -2.26. The van der Waals surface area contributed by atoms with Crippen LogP contribution in [0.2, 0.25) is 0 Å². The predicted octanol–water partition coefficient (Wildman–Crippen LogP) is 4.14. The van der Waals surface area contributed by atoms with Gasteiger partial charge >= 0.3 is 0 Å². The Balaban J connectivity index is 1.71. The summed E-state index contributed by atoms with van der Waals surface area (Å²) in [4.78, 5) is 14.9. The summed E-state index contributed by atoms with van der Waals surface area (Å²) in [5, 5.41) is 4.16. The first-order chi connectivity index (χ1) is 15.7. The first kappa shape index (κ1) is 24.0. The molecule has 0 amide bonds. The summed E-state index contributed by atoms with van der Waals surface area (Å²) in [6.07, 6.45) is 3.84. The summed E-state index contributed by atoms with van der Waals surface area (Å²) >= 11 is 0. The normalized spacial score (nSPS) is 14.6. The van der Waals surface area contributed by atoms with Crippen LogP contribution in [0.25, 0.3) is 0 Å². The average Bonchev–Trinajstić information content (AvgIpc) is 2.80. The number of oxime groups is 1. The molecule has 0 aliphatic carbocycles. The molecule has 32 heavy (non-hydrogen) atoms. The zero-order chi connectivity index (χ0) is 22.6. The Morgan fingerprint density at radius 1 is 1.09 bits per heavy atom. The number of hydrogen-bond donors (Lipinski definition) is 0. The molecule has 0 N–H and O–H groups in total. The van der Waals surface area contributed by atoms with Crippen LogP contribution in [0.15, 0.2) is 41.6 Å². The van der Waals surface area contributed by atoms with Gasteiger partial charge in [0.05, 0.1) is 19.4 Å². The molecule has 2 aromatic rings. The second kappa shape index (κ2) is 13.0. The Morgan fingerprint density at radius 2 is 1.84 bits per heavy atom. The molecule has 3 rings (SSSR count). The van der Waals surface area contributed by atoms with Crippen LogP contribution in [0.1, 0.15) is 37.8 Å². The highest BCUT2D eigenvalue weighted by atomic mass is 16.6. The van der Waals surface area contributed by atoms with Crippen LogP contribution in [0.5, 0.6) is 11.8 Å². The highest BCUT2D eigenvalue weighted by Gasteiger charge is 2.13. The molecule has 7 heteroatoms. The van der Waals surface area contributed by atoms with Gasteiger partial charge in [0.25, 0.3) is 5.88 Å². The standard InChI is InChI=1S/C25H36N4O3/c1-4-9-29(10-5-2)23-18-24(31-16-13-28-11-14-30-15-12-28)27-25(19-23)32-26-20-22-8-6-7-21(3)17-22/h6-8,17-20H,4-5,9-16H2,1-3H3/b26-20+. The van der Waals surface area contributed by atoms with Gasteiger partial charge in [0.15, 0.2) is 0 Å². The molecule has 0 unspecified atom stereocenters. The molecule has 2 heterocycles. The molecule has 1 aromatic carbocycles. The van der Waals surface area contributed by atoms with E-state index in [0.29, 0.717) is 18.4 Å². The van der Waals surface area contributed by atoms with Gasteiger partial charge in [-0.1, -0.05) is 48.8 Å². The first-order valence-corrected chi connectivity index (χ1v) is 11.6. The highest BCUT2D eigenvalue weighted by molar-refractivity contribution is 5.79. The highest BCUT2D eigenvalue weighted by Crippen LogP contribution is 2.26. The summed E-state index contributed by atoms with van der Waals surface area (Å²) in [6, 6.07) is 12.0. The fourth-order valence-corrected chi connectivity index (χ4v) is 3.68. The van der Waals surface area contributed by atoms with Crippen LogP contribution in [-0.4, -0.2) is 68.6 Å². The molecule has 174 valence electrons. The van der Waals surface area contributed by atoms with Gasteiger partial charge in [0, 0.05) is 50.5 Å². The van der Waals surface area contributed by atoms with Crippen molar-refractivity contribution in [1.29, 1.82) is 0 Å². The minimum Gasteiger partial charge on any atom is -0.476 e. The van der Waals surface area contributed by atoms with Crippen molar-refractivity contribution in [3.8, 4) is 11.8 Å². The molecule has 0 spiro atoms. The molecule has 0 radical (unpaired) electrons. The van der Waals surface area contributed by atoms with Crippen LogP contribution < -0.4 is 14.5 Å². The molecular formula is C25H36N4O3. The largest absolute Gasteiger partial charge is 0.476 e. The zero-order valence-corrected chi connectivity index (χ0v) is 19.6. The lowest BCUT2D eigenvalue weighted by molar-refractivity contribution is 0.0319. The van der Waals surface area contributed by atoms with Gasteiger partial charge < -0.3 is 19.2 Å². The number of pyridine rings is 1. The van der Waals surface area contributed by atoms with E-state index in [2.05, 4.69) is 52.8 Å². The summed E-state index contributed by atoms with van der Waals surface area (Å²) in [6.45, 7) is 13.3. The Bertz CT molecular complexity index is 847. The Labute approximate surface area is 192 Å². The lowest BCUT2D eigenvalue weighted by atomic mass is 10.2. The predicted molar refractivity (Wildman–Crippen MR) is 129 cm³/mol. The minimum atomic E-state index is 0.435. The quantitative estimate of drug-likeness (QED) is 0.365. The number of nitrogens with zero attached hydrogens (tertiary/aromatic N) is 4. The molecule has 0 saturated carbocycles. The van der Waals surface area contributed by atoms with Crippen LogP contribution in [0, 0.1) is 6.92 Å². The lowest BCUT2D eigenvalue weighted by Crippen LogP contribution is -2.38. The monoisotopic (exact) mass is 440 g/mol. The van der Waals surface area contributed by atoms with E-state index in [1.165, 1.54) is 5.56 Å². The molecule has 1 aliphatic heterocycles. The van der Waals surface area contributed by atoms with Gasteiger partial charge in [0.1, 0.15) is 6.61 Å². The van der Waals surface area contributed by atoms with E-state index in [1.807, 2.05) is 24.3 Å². The maximum Gasteiger partial charge on any atom is 0.254 e. The number of anilines is 1. The molecule has 7 nitrogen and oxygen atoms in total. The molecule has 1 aliphatic rings. The number of rotatable bonds is 12. The number of hydrogen-bond acceptors (Lipinski definition) is 7. The van der Waals surface area contributed by atoms with Crippen LogP contribution in [0.4, 0.5) is 5.69 Å². The third kappa shape index (κ3) is 7.80. The van der Waals surface area contributed by atoms with Crippen molar-refractivity contribution in [2.24, 2.45) is 5.16 Å². The Kier molecular flexibility index (Phi) is 9.78. The van der Waals surface area contributed by atoms with E-state index < -0.39 is 0 Å². The maximum atomic E-state index is 6.02. The molecule has 1 aromatic heterocycles. The zero-order valence-electron chi connectivity index (χ0n) is 19.6. The third-order valence-electron chi connectivity index (χ3n) is 5.27. The second-order valence-electron chi connectivity index (χ2n) is 8.03. The fraction of sp³-hybridized carbons (Fsp3) is 0.520. The van der Waals surface area contributed by atoms with Gasteiger partial charge in [-0.3, -0.25) is 4.90 Å². The molecule has 1 saturated heterocycles. The Morgan fingerprint density at radius 3 is 2.56 bits per heavy atom. The second-order valence-corrected chi connectivity index (χ2v) is 8.03. The van der Waals surface area contributed by atoms with Crippen molar-refractivity contribution in [2.75, 3.05) is 57.4 Å². The minimum absolute atomic E-state index is 0.435. The molecule has 0 bridgehead atoms. The van der Waals surface area contributed by atoms with Crippen molar-refractivity contribution < 1.29 is 14.3 Å². The van der Waals surface area contributed by atoms with Crippen molar-refractivity contribution in [3.05, 3.63) is 47.5 Å². The summed E-state index contributed by atoms with van der Waals surface area (Å²) < 4.78 is 11.4. The molecule has 1 fully saturated rings. The number of aryl methyl sites for hydroxylation is 1. The molecular weight excluding hydrogens is 404 g/mol. The van der Waals surface area contributed by atoms with E-state index in [1.54, 1.807) is 6.21 Å². The summed E-state index contributed by atoms with van der Waals surface area (Å²) in [7, 11) is 0. The van der Waals surface area contributed by atoms with Crippen LogP contribution in [0.3, 0.4) is 0 Å². The van der Waals surface area contributed by atoms with Crippen molar-refractivity contribution in [2.45, 2.75) is 33.6 Å². The van der Waals surface area contributed by atoms with Gasteiger partial charge in [-0.2, -0.15) is 4.98 Å². The van der Waals surface area contributed by atoms with Crippen LogP contribution in [-0.2, 0) is 4.74 Å². The van der Waals surface area contributed by atoms with E-state index >= 15 is 0 Å². The van der Waals surface area contributed by atoms with Gasteiger partial charge in [0.2, 0.25) is 5.88 Å². The number of ether oxygens (including phenoxy) is 2. The number of benzene rings is 1. The third-order valence-corrected chi connectivity index (χ3v) is 5.27. The van der Waals surface area contributed by atoms with Gasteiger partial charge in [-0.15, -0.1) is 0 Å². The van der Waals surface area contributed by atoms with Gasteiger partial charge in [-0.25, -0.2) is 0 Å².